The fraction of sp³-hybridized carbons (Fsp3) is 0.105. The molecule has 0 aliphatic heterocycles. The summed E-state index contributed by atoms with van der Waals surface area (Å²) in [5, 5.41) is 10.1. The molecule has 0 unspecified atom stereocenters. The predicted octanol–water partition coefficient (Wildman–Crippen LogP) is 7.36. The molecule has 0 radical (unpaired) electrons. The Bertz CT molecular complexity index is 2400. The second-order valence-corrected chi connectivity index (χ2v) is 12.3. The second kappa shape index (κ2) is 14.2. The van der Waals surface area contributed by atoms with Crippen LogP contribution >= 0.6 is 22.9 Å². The van der Waals surface area contributed by atoms with Gasteiger partial charge in [-0.2, -0.15) is 14.6 Å². The number of hydrogen-bond acceptors (Lipinski definition) is 8. The van der Waals surface area contributed by atoms with Gasteiger partial charge in [0, 0.05) is 27.9 Å². The van der Waals surface area contributed by atoms with Crippen molar-refractivity contribution in [3.63, 3.8) is 0 Å². The number of halogens is 1. The van der Waals surface area contributed by atoms with Crippen molar-refractivity contribution in [1.29, 1.82) is 0 Å². The molecule has 11 heteroatoms. The van der Waals surface area contributed by atoms with Crippen LogP contribution in [0.5, 0.6) is 17.2 Å². The Balaban J connectivity index is 1.21. The quantitative estimate of drug-likeness (QED) is 0.140. The highest BCUT2D eigenvalue weighted by Crippen LogP contribution is 2.30. The first-order valence-electron chi connectivity index (χ1n) is 15.5. The van der Waals surface area contributed by atoms with Crippen molar-refractivity contribution in [1.82, 2.24) is 24.4 Å². The van der Waals surface area contributed by atoms with Crippen LogP contribution in [0.25, 0.3) is 40.1 Å². The number of rotatable bonds is 11. The van der Waals surface area contributed by atoms with Crippen LogP contribution in [0.15, 0.2) is 108 Å². The molecule has 9 nitrogen and oxygen atoms in total. The first kappa shape index (κ1) is 31.9. The van der Waals surface area contributed by atoms with Crippen molar-refractivity contribution in [2.24, 2.45) is 0 Å². The van der Waals surface area contributed by atoms with Gasteiger partial charge in [0.25, 0.3) is 5.56 Å². The molecule has 7 aromatic rings. The van der Waals surface area contributed by atoms with E-state index in [0.717, 1.165) is 27.9 Å². The van der Waals surface area contributed by atoms with Gasteiger partial charge in [0.05, 0.1) is 23.9 Å². The lowest BCUT2D eigenvalue weighted by molar-refractivity contribution is 0.306. The van der Waals surface area contributed by atoms with Gasteiger partial charge in [-0.25, -0.2) is 4.68 Å². The standard InChI is InChI=1S/C38H30ClN5O4S/c1-3-47-32-18-16-25(20-33(32)46-2)17-19-35-40-38-44(41-35)37(45)34(49-38)22-28-23-43(29-12-5-4-6-13-29)42-36(28)26-11-9-14-30(21-26)48-24-27-10-7-8-15-31(27)39/h4-23H,3,24H2,1-2H3/b19-17+,34-22-. The summed E-state index contributed by atoms with van der Waals surface area (Å²) in [5.74, 6) is 2.41. The van der Waals surface area contributed by atoms with Gasteiger partial charge in [-0.1, -0.05) is 83.6 Å². The van der Waals surface area contributed by atoms with E-state index in [0.29, 0.717) is 56.5 Å². The van der Waals surface area contributed by atoms with Crippen LogP contribution in [0.3, 0.4) is 0 Å². The van der Waals surface area contributed by atoms with Crippen molar-refractivity contribution in [2.45, 2.75) is 13.5 Å². The van der Waals surface area contributed by atoms with Crippen molar-refractivity contribution >= 4 is 46.1 Å². The Labute approximate surface area is 290 Å². The van der Waals surface area contributed by atoms with E-state index in [1.807, 2.05) is 122 Å². The zero-order valence-corrected chi connectivity index (χ0v) is 28.2. The summed E-state index contributed by atoms with van der Waals surface area (Å²) < 4.78 is 20.8. The summed E-state index contributed by atoms with van der Waals surface area (Å²) in [5.41, 5.74) is 4.70. The normalized spacial score (nSPS) is 11.9. The molecular formula is C38H30ClN5O4S. The molecule has 0 spiro atoms. The maximum Gasteiger partial charge on any atom is 0.291 e. The van der Waals surface area contributed by atoms with Crippen molar-refractivity contribution in [3.05, 3.63) is 146 Å². The highest BCUT2D eigenvalue weighted by molar-refractivity contribution is 7.15. The summed E-state index contributed by atoms with van der Waals surface area (Å²) in [6.07, 6.45) is 7.38. The predicted molar refractivity (Wildman–Crippen MR) is 194 cm³/mol. The minimum absolute atomic E-state index is 0.259. The summed E-state index contributed by atoms with van der Waals surface area (Å²) in [4.78, 5) is 18.6. The third-order valence-corrected chi connectivity index (χ3v) is 8.95. The van der Waals surface area contributed by atoms with E-state index in [2.05, 4.69) is 10.1 Å². The van der Waals surface area contributed by atoms with Crippen molar-refractivity contribution in [3.8, 4) is 34.2 Å². The molecule has 0 fully saturated rings. The zero-order valence-electron chi connectivity index (χ0n) is 26.6. The van der Waals surface area contributed by atoms with Gasteiger partial charge in [0.2, 0.25) is 4.96 Å². The molecule has 4 aromatic carbocycles. The summed E-state index contributed by atoms with van der Waals surface area (Å²) in [6, 6.07) is 30.8. The van der Waals surface area contributed by atoms with E-state index < -0.39 is 0 Å². The van der Waals surface area contributed by atoms with Gasteiger partial charge >= 0.3 is 0 Å². The Morgan fingerprint density at radius 1 is 0.878 bits per heavy atom. The number of aromatic nitrogens is 5. The molecule has 3 heterocycles. The van der Waals surface area contributed by atoms with Crippen LogP contribution < -0.4 is 24.3 Å². The van der Waals surface area contributed by atoms with E-state index in [4.69, 9.17) is 30.9 Å². The maximum atomic E-state index is 13.6. The first-order valence-corrected chi connectivity index (χ1v) is 16.7. The molecule has 0 aliphatic carbocycles. The Hall–Kier alpha value is -5.71. The number of ether oxygens (including phenoxy) is 3. The maximum absolute atomic E-state index is 13.6. The van der Waals surface area contributed by atoms with Gasteiger partial charge < -0.3 is 14.2 Å². The average Bonchev–Trinajstić information content (AvgIpc) is 3.82. The van der Waals surface area contributed by atoms with Crippen molar-refractivity contribution < 1.29 is 14.2 Å². The number of benzene rings is 4. The minimum Gasteiger partial charge on any atom is -0.493 e. The van der Waals surface area contributed by atoms with Gasteiger partial charge in [0.1, 0.15) is 18.1 Å². The number of hydrogen-bond donors (Lipinski definition) is 0. The number of thiazole rings is 1. The van der Waals surface area contributed by atoms with Crippen LogP contribution in [0.2, 0.25) is 5.02 Å². The molecule has 0 amide bonds. The number of methoxy groups -OCH3 is 1. The average molecular weight is 688 g/mol. The van der Waals surface area contributed by atoms with Gasteiger partial charge in [-0.15, -0.1) is 5.10 Å². The number of para-hydroxylation sites is 1. The fourth-order valence-electron chi connectivity index (χ4n) is 5.23. The Morgan fingerprint density at radius 2 is 1.71 bits per heavy atom. The molecule has 0 saturated carbocycles. The van der Waals surface area contributed by atoms with Crippen LogP contribution in [0.4, 0.5) is 0 Å². The molecule has 244 valence electrons. The highest BCUT2D eigenvalue weighted by atomic mass is 35.5. The van der Waals surface area contributed by atoms with E-state index in [9.17, 15) is 4.79 Å². The van der Waals surface area contributed by atoms with Crippen LogP contribution in [-0.2, 0) is 6.61 Å². The van der Waals surface area contributed by atoms with Crippen molar-refractivity contribution in [2.75, 3.05) is 13.7 Å². The van der Waals surface area contributed by atoms with E-state index >= 15 is 0 Å². The summed E-state index contributed by atoms with van der Waals surface area (Å²) >= 11 is 7.61. The van der Waals surface area contributed by atoms with Crippen LogP contribution in [-0.4, -0.2) is 38.1 Å². The molecule has 0 N–H and O–H groups in total. The highest BCUT2D eigenvalue weighted by Gasteiger charge is 2.15. The topological polar surface area (TPSA) is 92.8 Å². The summed E-state index contributed by atoms with van der Waals surface area (Å²) in [7, 11) is 1.60. The lowest BCUT2D eigenvalue weighted by Gasteiger charge is -2.09. The van der Waals surface area contributed by atoms with E-state index in [1.165, 1.54) is 15.9 Å². The minimum atomic E-state index is -0.259. The lowest BCUT2D eigenvalue weighted by atomic mass is 10.1. The molecule has 0 bridgehead atoms. The number of fused-ring (bicyclic) bond motifs is 1. The third-order valence-electron chi connectivity index (χ3n) is 7.62. The zero-order chi connectivity index (χ0) is 33.7. The second-order valence-electron chi connectivity index (χ2n) is 10.9. The van der Waals surface area contributed by atoms with E-state index in [1.54, 1.807) is 17.9 Å². The smallest absolute Gasteiger partial charge is 0.291 e. The fourth-order valence-corrected chi connectivity index (χ4v) is 6.33. The molecule has 7 rings (SSSR count). The van der Waals surface area contributed by atoms with E-state index in [-0.39, 0.29) is 5.56 Å². The first-order chi connectivity index (χ1) is 24.0. The molecule has 0 saturated heterocycles. The molecule has 3 aromatic heterocycles. The lowest BCUT2D eigenvalue weighted by Crippen LogP contribution is -2.23. The van der Waals surface area contributed by atoms with Gasteiger partial charge in [-0.05, 0) is 67.1 Å². The molecule has 0 atom stereocenters. The largest absolute Gasteiger partial charge is 0.493 e. The molecule has 0 aliphatic rings. The van der Waals surface area contributed by atoms with Gasteiger partial charge in [0.15, 0.2) is 17.3 Å². The summed E-state index contributed by atoms with van der Waals surface area (Å²) in [6.45, 7) is 2.79. The third kappa shape index (κ3) is 6.96. The molecular weight excluding hydrogens is 658 g/mol. The Kier molecular flexibility index (Phi) is 9.23. The van der Waals surface area contributed by atoms with Crippen LogP contribution in [0, 0.1) is 0 Å². The van der Waals surface area contributed by atoms with Crippen LogP contribution in [0.1, 0.15) is 29.4 Å². The Morgan fingerprint density at radius 3 is 2.51 bits per heavy atom. The SMILES string of the molecule is CCOc1ccc(/C=C/c2nc3s/c(=C\c4cn(-c5ccccc5)nc4-c4cccc(OCc5ccccc5Cl)c4)c(=O)n3n2)cc1OC. The van der Waals surface area contributed by atoms with Gasteiger partial charge in [-0.3, -0.25) is 4.79 Å². The molecule has 49 heavy (non-hydrogen) atoms. The monoisotopic (exact) mass is 687 g/mol. The number of nitrogens with zero attached hydrogens (tertiary/aromatic N) is 5.